The molecule has 1 rings (SSSR count). The largest absolute Gasteiger partial charge is 0.352 e. The van der Waals surface area contributed by atoms with E-state index in [4.69, 9.17) is 0 Å². The van der Waals surface area contributed by atoms with Gasteiger partial charge in [-0.15, -0.1) is 11.3 Å². The quantitative estimate of drug-likeness (QED) is 0.848. The van der Waals surface area contributed by atoms with Crippen LogP contribution in [-0.4, -0.2) is 12.5 Å². The van der Waals surface area contributed by atoms with Crippen molar-refractivity contribution in [2.24, 2.45) is 5.92 Å². The molecule has 0 aliphatic carbocycles. The highest BCUT2D eigenvalue weighted by Crippen LogP contribution is 2.18. The summed E-state index contributed by atoms with van der Waals surface area (Å²) in [6.45, 7) is 5.07. The molecule has 0 fully saturated rings. The Hall–Kier alpha value is -0.100. The number of rotatable bonds is 4. The summed E-state index contributed by atoms with van der Waals surface area (Å²) in [5.74, 6) is 0.688. The van der Waals surface area contributed by atoms with Gasteiger partial charge in [0.15, 0.2) is 0 Å². The van der Waals surface area contributed by atoms with Gasteiger partial charge in [-0.25, -0.2) is 0 Å². The van der Waals surface area contributed by atoms with Crippen molar-refractivity contribution >= 4 is 39.8 Å². The third-order valence-corrected chi connectivity index (χ3v) is 3.91. The number of hydrogen-bond acceptors (Lipinski definition) is 2. The number of thiophene rings is 1. The van der Waals surface area contributed by atoms with E-state index in [9.17, 15) is 4.79 Å². The Labute approximate surface area is 102 Å². The number of amides is 1. The summed E-state index contributed by atoms with van der Waals surface area (Å²) >= 11 is 3.79. The van der Waals surface area contributed by atoms with Crippen molar-refractivity contribution < 1.29 is 4.79 Å². The van der Waals surface area contributed by atoms with E-state index >= 15 is 0 Å². The van der Waals surface area contributed by atoms with Crippen molar-refractivity contribution in [2.45, 2.75) is 20.3 Å². The molecule has 78 valence electrons. The highest BCUT2D eigenvalue weighted by Gasteiger charge is 2.09. The zero-order valence-corrected chi connectivity index (χ0v) is 11.3. The van der Waals surface area contributed by atoms with Gasteiger partial charge in [0.25, 0.3) is 5.91 Å². The molecule has 0 spiro atoms. The summed E-state index contributed by atoms with van der Waals surface area (Å²) in [5, 5.41) is 4.86. The monoisotopic (exact) mass is 323 g/mol. The van der Waals surface area contributed by atoms with Crippen LogP contribution in [0.15, 0.2) is 11.4 Å². The van der Waals surface area contributed by atoms with E-state index in [1.165, 1.54) is 0 Å². The van der Waals surface area contributed by atoms with Crippen LogP contribution in [0.25, 0.3) is 0 Å². The predicted octanol–water partition coefficient (Wildman–Crippen LogP) is 3.13. The van der Waals surface area contributed by atoms with Gasteiger partial charge in [-0.05, 0) is 46.4 Å². The molecule has 0 aromatic carbocycles. The predicted molar refractivity (Wildman–Crippen MR) is 68.8 cm³/mol. The van der Waals surface area contributed by atoms with Gasteiger partial charge in [0, 0.05) is 6.54 Å². The molecule has 1 amide bonds. The zero-order valence-electron chi connectivity index (χ0n) is 8.34. The van der Waals surface area contributed by atoms with Crippen LogP contribution in [0.3, 0.4) is 0 Å². The van der Waals surface area contributed by atoms with Crippen molar-refractivity contribution in [1.82, 2.24) is 5.32 Å². The van der Waals surface area contributed by atoms with E-state index in [2.05, 4.69) is 41.8 Å². The molecule has 0 aliphatic rings. The van der Waals surface area contributed by atoms with Crippen LogP contribution in [0.5, 0.6) is 0 Å². The van der Waals surface area contributed by atoms with Crippen LogP contribution in [-0.2, 0) is 0 Å². The van der Waals surface area contributed by atoms with Crippen LogP contribution >= 0.6 is 33.9 Å². The summed E-state index contributed by atoms with van der Waals surface area (Å²) in [5.41, 5.74) is 0.805. The topological polar surface area (TPSA) is 29.1 Å². The zero-order chi connectivity index (χ0) is 10.6. The van der Waals surface area contributed by atoms with Gasteiger partial charge < -0.3 is 5.32 Å². The molecule has 1 aromatic rings. The Bertz CT molecular complexity index is 309. The Morgan fingerprint density at radius 1 is 1.64 bits per heavy atom. The minimum absolute atomic E-state index is 0.0521. The fraction of sp³-hybridized carbons (Fsp3) is 0.500. The lowest BCUT2D eigenvalue weighted by Gasteiger charge is -2.06. The molecule has 0 bridgehead atoms. The Balaban J connectivity index is 2.40. The van der Waals surface area contributed by atoms with Gasteiger partial charge >= 0.3 is 0 Å². The average molecular weight is 323 g/mol. The molecule has 0 saturated heterocycles. The summed E-state index contributed by atoms with van der Waals surface area (Å²) in [7, 11) is 0. The normalized spacial score (nSPS) is 10.6. The molecule has 1 aromatic heterocycles. The van der Waals surface area contributed by atoms with Crippen LogP contribution in [0.1, 0.15) is 30.6 Å². The highest BCUT2D eigenvalue weighted by molar-refractivity contribution is 14.1. The maximum Gasteiger partial charge on any atom is 0.253 e. The van der Waals surface area contributed by atoms with Crippen molar-refractivity contribution in [3.8, 4) is 0 Å². The molecule has 2 nitrogen and oxygen atoms in total. The van der Waals surface area contributed by atoms with E-state index in [0.29, 0.717) is 5.92 Å². The van der Waals surface area contributed by atoms with E-state index in [1.54, 1.807) is 11.3 Å². The van der Waals surface area contributed by atoms with E-state index in [1.807, 2.05) is 11.4 Å². The minimum atomic E-state index is 0.0521. The van der Waals surface area contributed by atoms with Crippen molar-refractivity contribution in [3.05, 3.63) is 19.9 Å². The van der Waals surface area contributed by atoms with Crippen molar-refractivity contribution in [1.29, 1.82) is 0 Å². The maximum atomic E-state index is 11.6. The molecule has 0 saturated carbocycles. The van der Waals surface area contributed by atoms with Crippen molar-refractivity contribution in [3.63, 3.8) is 0 Å². The lowest BCUT2D eigenvalue weighted by atomic mass is 10.1. The molecule has 0 aliphatic heterocycles. The number of halogens is 1. The molecule has 1 heterocycles. The molecule has 1 N–H and O–H groups in total. The third-order valence-electron chi connectivity index (χ3n) is 1.87. The van der Waals surface area contributed by atoms with E-state index < -0.39 is 0 Å². The summed E-state index contributed by atoms with van der Waals surface area (Å²) < 4.78 is 1.06. The third kappa shape index (κ3) is 3.57. The first-order valence-electron chi connectivity index (χ1n) is 4.62. The van der Waals surface area contributed by atoms with Crippen LogP contribution < -0.4 is 5.32 Å². The SMILES string of the molecule is CC(C)CCNC(=O)c1ccsc1I. The molecule has 0 radical (unpaired) electrons. The number of hydrogen-bond donors (Lipinski definition) is 1. The fourth-order valence-electron chi connectivity index (χ4n) is 1.03. The van der Waals surface area contributed by atoms with Gasteiger partial charge in [0.1, 0.15) is 0 Å². The second kappa shape index (κ2) is 5.70. The molecule has 0 unspecified atom stereocenters. The summed E-state index contributed by atoms with van der Waals surface area (Å²) in [6.07, 6.45) is 1.03. The lowest BCUT2D eigenvalue weighted by molar-refractivity contribution is 0.0951. The standard InChI is InChI=1S/C10H14INOS/c1-7(2)3-5-12-10(13)8-4-6-14-9(8)11/h4,6-7H,3,5H2,1-2H3,(H,12,13). The second-order valence-corrected chi connectivity index (χ2v) is 6.27. The van der Waals surface area contributed by atoms with Gasteiger partial charge in [-0.3, -0.25) is 4.79 Å². The Morgan fingerprint density at radius 2 is 2.36 bits per heavy atom. The van der Waals surface area contributed by atoms with Crippen LogP contribution in [0, 0.1) is 8.80 Å². The summed E-state index contributed by atoms with van der Waals surface area (Å²) in [6, 6.07) is 1.87. The molecular formula is C10H14INOS. The summed E-state index contributed by atoms with van der Waals surface area (Å²) in [4.78, 5) is 11.6. The fourth-order valence-corrected chi connectivity index (χ4v) is 2.50. The first-order valence-corrected chi connectivity index (χ1v) is 6.58. The molecular weight excluding hydrogens is 309 g/mol. The average Bonchev–Trinajstić information content (AvgIpc) is 2.50. The van der Waals surface area contributed by atoms with Gasteiger partial charge in [0.2, 0.25) is 0 Å². The number of carbonyl (C=O) groups excluding carboxylic acids is 1. The van der Waals surface area contributed by atoms with Gasteiger partial charge in [0.05, 0.1) is 8.45 Å². The lowest BCUT2D eigenvalue weighted by Crippen LogP contribution is -2.25. The Morgan fingerprint density at radius 3 is 2.86 bits per heavy atom. The maximum absolute atomic E-state index is 11.6. The minimum Gasteiger partial charge on any atom is -0.352 e. The van der Waals surface area contributed by atoms with E-state index in [-0.39, 0.29) is 5.91 Å². The Kier molecular flexibility index (Phi) is 4.88. The first-order chi connectivity index (χ1) is 6.61. The number of nitrogens with one attached hydrogen (secondary N) is 1. The highest BCUT2D eigenvalue weighted by atomic mass is 127. The first kappa shape index (κ1) is 12.0. The molecule has 14 heavy (non-hydrogen) atoms. The van der Waals surface area contributed by atoms with Gasteiger partial charge in [-0.2, -0.15) is 0 Å². The van der Waals surface area contributed by atoms with Crippen LogP contribution in [0.4, 0.5) is 0 Å². The number of carbonyl (C=O) groups is 1. The second-order valence-electron chi connectivity index (χ2n) is 3.55. The van der Waals surface area contributed by atoms with Gasteiger partial charge in [-0.1, -0.05) is 13.8 Å². The van der Waals surface area contributed by atoms with Crippen molar-refractivity contribution in [2.75, 3.05) is 6.54 Å². The van der Waals surface area contributed by atoms with Crippen LogP contribution in [0.2, 0.25) is 0 Å². The van der Waals surface area contributed by atoms with E-state index in [0.717, 1.165) is 21.4 Å². The molecule has 0 atom stereocenters. The molecule has 4 heteroatoms. The smallest absolute Gasteiger partial charge is 0.253 e.